The number of carbonyl (C=O) groups excluding carboxylic acids is 1. The first kappa shape index (κ1) is 12.8. The largest absolute Gasteiger partial charge is 0.353 e. The molecule has 1 amide bonds. The molecule has 0 bridgehead atoms. The lowest BCUT2D eigenvalue weighted by atomic mass is 10.0. The molecule has 3 nitrogen and oxygen atoms in total. The van der Waals surface area contributed by atoms with Gasteiger partial charge in [-0.05, 0) is 46.4 Å². The molecule has 0 aromatic rings. The van der Waals surface area contributed by atoms with Gasteiger partial charge in [0.05, 0.1) is 5.54 Å². The van der Waals surface area contributed by atoms with Crippen LogP contribution in [0.1, 0.15) is 33.6 Å². The molecule has 1 aliphatic rings. The van der Waals surface area contributed by atoms with Gasteiger partial charge in [-0.25, -0.2) is 0 Å². The third-order valence-electron chi connectivity index (χ3n) is 3.12. The Bertz CT molecular complexity index is 235. The maximum absolute atomic E-state index is 11.8. The van der Waals surface area contributed by atoms with Crippen LogP contribution < -0.4 is 10.6 Å². The number of thioether (sulfide) groups is 1. The number of hydrogen-bond donors (Lipinski definition) is 2. The Morgan fingerprint density at radius 1 is 1.53 bits per heavy atom. The van der Waals surface area contributed by atoms with E-state index in [0.29, 0.717) is 0 Å². The molecular formula is C11H22N2OS. The van der Waals surface area contributed by atoms with Gasteiger partial charge in [-0.2, -0.15) is 11.8 Å². The fraction of sp³-hybridized carbons (Fsp3) is 0.909. The zero-order valence-electron chi connectivity index (χ0n) is 10.1. The van der Waals surface area contributed by atoms with Crippen molar-refractivity contribution in [2.75, 3.05) is 19.3 Å². The van der Waals surface area contributed by atoms with Crippen molar-refractivity contribution < 1.29 is 4.79 Å². The van der Waals surface area contributed by atoms with E-state index >= 15 is 0 Å². The van der Waals surface area contributed by atoms with Gasteiger partial charge in [0.25, 0.3) is 0 Å². The fourth-order valence-corrected chi connectivity index (χ4v) is 2.82. The van der Waals surface area contributed by atoms with Crippen molar-refractivity contribution in [2.24, 2.45) is 0 Å². The van der Waals surface area contributed by atoms with Crippen LogP contribution in [0.15, 0.2) is 0 Å². The molecule has 4 heteroatoms. The molecule has 15 heavy (non-hydrogen) atoms. The summed E-state index contributed by atoms with van der Waals surface area (Å²) in [7, 11) is 1.81. The SMILES string of the molecule is CNC(C)(C)C(=O)NCC1(C)CCCS1. The Labute approximate surface area is 96.8 Å². The van der Waals surface area contributed by atoms with E-state index in [-0.39, 0.29) is 10.7 Å². The van der Waals surface area contributed by atoms with Gasteiger partial charge >= 0.3 is 0 Å². The van der Waals surface area contributed by atoms with Crippen LogP contribution in [-0.2, 0) is 4.79 Å². The highest BCUT2D eigenvalue weighted by molar-refractivity contribution is 8.00. The summed E-state index contributed by atoms with van der Waals surface area (Å²) in [6.07, 6.45) is 2.48. The molecule has 0 aromatic carbocycles. The lowest BCUT2D eigenvalue weighted by Crippen LogP contribution is -2.53. The summed E-state index contributed by atoms with van der Waals surface area (Å²) in [5, 5.41) is 6.04. The number of likely N-dealkylation sites (N-methyl/N-ethyl adjacent to an activating group) is 1. The summed E-state index contributed by atoms with van der Waals surface area (Å²) in [5.41, 5.74) is -0.473. The van der Waals surface area contributed by atoms with Gasteiger partial charge in [-0.1, -0.05) is 0 Å². The van der Waals surface area contributed by atoms with Crippen molar-refractivity contribution in [3.8, 4) is 0 Å². The molecule has 1 fully saturated rings. The zero-order chi connectivity index (χ0) is 11.5. The van der Waals surface area contributed by atoms with Crippen LogP contribution in [0.25, 0.3) is 0 Å². The lowest BCUT2D eigenvalue weighted by Gasteiger charge is -2.27. The van der Waals surface area contributed by atoms with Gasteiger partial charge in [0, 0.05) is 11.3 Å². The van der Waals surface area contributed by atoms with Crippen LogP contribution in [0.2, 0.25) is 0 Å². The van der Waals surface area contributed by atoms with Crippen LogP contribution in [0, 0.1) is 0 Å². The second-order valence-corrected chi connectivity index (χ2v) is 6.64. The third-order valence-corrected chi connectivity index (χ3v) is 4.65. The predicted molar refractivity (Wildman–Crippen MR) is 66.2 cm³/mol. The van der Waals surface area contributed by atoms with Crippen LogP contribution in [0.3, 0.4) is 0 Å². The Hall–Kier alpha value is -0.220. The second-order valence-electron chi connectivity index (χ2n) is 4.96. The Morgan fingerprint density at radius 3 is 2.67 bits per heavy atom. The fourth-order valence-electron chi connectivity index (χ4n) is 1.58. The van der Waals surface area contributed by atoms with E-state index in [0.717, 1.165) is 6.54 Å². The Kier molecular flexibility index (Phi) is 4.06. The summed E-state index contributed by atoms with van der Waals surface area (Å²) >= 11 is 1.97. The van der Waals surface area contributed by atoms with Crippen LogP contribution in [0.4, 0.5) is 0 Å². The van der Waals surface area contributed by atoms with Gasteiger partial charge in [-0.3, -0.25) is 4.79 Å². The summed E-state index contributed by atoms with van der Waals surface area (Å²) in [6.45, 7) is 6.80. The van der Waals surface area contributed by atoms with Crippen LogP contribution in [-0.4, -0.2) is 35.5 Å². The third kappa shape index (κ3) is 3.38. The first-order chi connectivity index (χ1) is 6.90. The molecule has 0 aromatic heterocycles. The van der Waals surface area contributed by atoms with E-state index in [9.17, 15) is 4.79 Å². The highest BCUT2D eigenvalue weighted by atomic mass is 32.2. The average molecular weight is 230 g/mol. The quantitative estimate of drug-likeness (QED) is 0.767. The molecule has 88 valence electrons. The minimum Gasteiger partial charge on any atom is -0.353 e. The molecule has 1 saturated heterocycles. The second kappa shape index (κ2) is 4.74. The Morgan fingerprint density at radius 2 is 2.20 bits per heavy atom. The van der Waals surface area contributed by atoms with Gasteiger partial charge in [0.15, 0.2) is 0 Å². The number of nitrogens with one attached hydrogen (secondary N) is 2. The molecule has 1 rings (SSSR count). The van der Waals surface area contributed by atoms with Crippen molar-refractivity contribution in [2.45, 2.75) is 43.9 Å². The maximum atomic E-state index is 11.8. The molecule has 0 saturated carbocycles. The van der Waals surface area contributed by atoms with Crippen molar-refractivity contribution >= 4 is 17.7 Å². The van der Waals surface area contributed by atoms with Crippen molar-refractivity contribution in [3.63, 3.8) is 0 Å². The lowest BCUT2D eigenvalue weighted by molar-refractivity contribution is -0.126. The average Bonchev–Trinajstić information content (AvgIpc) is 2.62. The smallest absolute Gasteiger partial charge is 0.239 e. The standard InChI is InChI=1S/C11H22N2OS/c1-10(2,12-4)9(14)13-8-11(3)6-5-7-15-11/h12H,5-8H2,1-4H3,(H,13,14). The van der Waals surface area contributed by atoms with Gasteiger partial charge < -0.3 is 10.6 Å². The van der Waals surface area contributed by atoms with Crippen molar-refractivity contribution in [1.82, 2.24) is 10.6 Å². The van der Waals surface area contributed by atoms with E-state index in [4.69, 9.17) is 0 Å². The number of hydrogen-bond acceptors (Lipinski definition) is 3. The minimum absolute atomic E-state index is 0.0822. The van der Waals surface area contributed by atoms with E-state index in [2.05, 4.69) is 17.6 Å². The van der Waals surface area contributed by atoms with Gasteiger partial charge in [-0.15, -0.1) is 0 Å². The summed E-state index contributed by atoms with van der Waals surface area (Å²) in [5.74, 6) is 1.31. The number of amides is 1. The highest BCUT2D eigenvalue weighted by Crippen LogP contribution is 2.36. The minimum atomic E-state index is -0.473. The first-order valence-electron chi connectivity index (χ1n) is 5.51. The molecule has 0 aliphatic carbocycles. The van der Waals surface area contributed by atoms with Gasteiger partial charge in [0.1, 0.15) is 0 Å². The number of carbonyl (C=O) groups is 1. The first-order valence-corrected chi connectivity index (χ1v) is 6.49. The maximum Gasteiger partial charge on any atom is 0.239 e. The predicted octanol–water partition coefficient (Wildman–Crippen LogP) is 1.39. The highest BCUT2D eigenvalue weighted by Gasteiger charge is 2.32. The van der Waals surface area contributed by atoms with Gasteiger partial charge in [0.2, 0.25) is 5.91 Å². The van der Waals surface area contributed by atoms with Crippen molar-refractivity contribution in [3.05, 3.63) is 0 Å². The molecule has 1 atom stereocenters. The normalized spacial score (nSPS) is 26.7. The summed E-state index contributed by atoms with van der Waals surface area (Å²) < 4.78 is 0.249. The molecule has 1 aliphatic heterocycles. The monoisotopic (exact) mass is 230 g/mol. The van der Waals surface area contributed by atoms with Crippen molar-refractivity contribution in [1.29, 1.82) is 0 Å². The van der Waals surface area contributed by atoms with Crippen LogP contribution >= 0.6 is 11.8 Å². The van der Waals surface area contributed by atoms with E-state index in [1.165, 1.54) is 18.6 Å². The van der Waals surface area contributed by atoms with E-state index in [1.807, 2.05) is 32.7 Å². The van der Waals surface area contributed by atoms with E-state index < -0.39 is 5.54 Å². The molecule has 1 heterocycles. The van der Waals surface area contributed by atoms with E-state index in [1.54, 1.807) is 0 Å². The summed E-state index contributed by atoms with van der Waals surface area (Å²) in [6, 6.07) is 0. The van der Waals surface area contributed by atoms with Crippen LogP contribution in [0.5, 0.6) is 0 Å². The molecule has 0 spiro atoms. The molecule has 0 radical (unpaired) electrons. The summed E-state index contributed by atoms with van der Waals surface area (Å²) in [4.78, 5) is 11.8. The Balaban J connectivity index is 2.40. The number of rotatable bonds is 4. The molecule has 1 unspecified atom stereocenters. The molecule has 2 N–H and O–H groups in total. The zero-order valence-corrected chi connectivity index (χ0v) is 11.0. The molecular weight excluding hydrogens is 208 g/mol. The topological polar surface area (TPSA) is 41.1 Å².